The van der Waals surface area contributed by atoms with Crippen molar-refractivity contribution in [1.29, 1.82) is 0 Å². The summed E-state index contributed by atoms with van der Waals surface area (Å²) in [5, 5.41) is 37.4. The summed E-state index contributed by atoms with van der Waals surface area (Å²) in [6, 6.07) is 1.81. The zero-order valence-electron chi connectivity index (χ0n) is 26.2. The average Bonchev–Trinajstić information content (AvgIpc) is 3.28. The first-order valence-electron chi connectivity index (χ1n) is 14.4. The number of esters is 1. The first-order chi connectivity index (χ1) is 21.5. The zero-order valence-corrected chi connectivity index (χ0v) is 27.0. The normalized spacial score (nSPS) is 24.0. The molecule has 254 valence electrons. The van der Waals surface area contributed by atoms with Gasteiger partial charge >= 0.3 is 17.9 Å². The number of hydrogen-bond donors (Lipinski definition) is 7. The molecule has 1 fully saturated rings. The fourth-order valence-corrected chi connectivity index (χ4v) is 8.08. The van der Waals surface area contributed by atoms with E-state index >= 15 is 0 Å². The van der Waals surface area contributed by atoms with Gasteiger partial charge in [0.1, 0.15) is 24.4 Å². The molecule has 17 heteroatoms. The molecule has 1 aliphatic carbocycles. The summed E-state index contributed by atoms with van der Waals surface area (Å²) in [4.78, 5) is 74.6. The highest BCUT2D eigenvalue weighted by molar-refractivity contribution is 8.00. The third kappa shape index (κ3) is 7.64. The van der Waals surface area contributed by atoms with Crippen LogP contribution < -0.4 is 31.5 Å². The van der Waals surface area contributed by atoms with Gasteiger partial charge in [-0.2, -0.15) is 11.8 Å². The van der Waals surface area contributed by atoms with Gasteiger partial charge < -0.3 is 41.4 Å². The van der Waals surface area contributed by atoms with E-state index in [1.807, 2.05) is 13.8 Å². The highest BCUT2D eigenvalue weighted by Crippen LogP contribution is 2.60. The minimum Gasteiger partial charge on any atom is -0.497 e. The van der Waals surface area contributed by atoms with Crippen LogP contribution in [0.2, 0.25) is 0 Å². The van der Waals surface area contributed by atoms with Crippen LogP contribution in [-0.2, 0) is 33.5 Å². The Labute approximate surface area is 269 Å². The van der Waals surface area contributed by atoms with E-state index in [1.165, 1.54) is 21.1 Å². The Morgan fingerprint density at radius 1 is 1.15 bits per heavy atom. The first-order valence-corrected chi connectivity index (χ1v) is 15.5. The van der Waals surface area contributed by atoms with Crippen molar-refractivity contribution in [2.24, 2.45) is 11.1 Å². The summed E-state index contributed by atoms with van der Waals surface area (Å²) < 4.78 is 10.6. The Morgan fingerprint density at radius 3 is 2.39 bits per heavy atom. The second kappa shape index (κ2) is 14.6. The molecule has 1 aromatic rings. The van der Waals surface area contributed by atoms with Crippen LogP contribution in [-0.4, -0.2) is 106 Å². The number of methoxy groups -OCH3 is 2. The summed E-state index contributed by atoms with van der Waals surface area (Å²) in [6.07, 6.45) is -0.543. The number of thioether (sulfide) groups is 1. The van der Waals surface area contributed by atoms with Gasteiger partial charge in [-0.3, -0.25) is 34.2 Å². The van der Waals surface area contributed by atoms with Gasteiger partial charge in [-0.1, -0.05) is 19.9 Å². The molecular weight excluding hydrogens is 626 g/mol. The van der Waals surface area contributed by atoms with Crippen molar-refractivity contribution >= 4 is 53.1 Å². The number of carboxylic acid groups (broad SMARTS) is 2. The molecule has 3 rings (SSSR count). The molecule has 3 amide bonds. The van der Waals surface area contributed by atoms with E-state index in [-0.39, 0.29) is 25.0 Å². The summed E-state index contributed by atoms with van der Waals surface area (Å²) >= 11 is 1.06. The predicted molar refractivity (Wildman–Crippen MR) is 164 cm³/mol. The largest absolute Gasteiger partial charge is 0.497 e. The minimum atomic E-state index is -1.67. The van der Waals surface area contributed by atoms with Crippen LogP contribution in [0.25, 0.3) is 0 Å². The number of anilines is 1. The number of carboxylic acids is 2. The van der Waals surface area contributed by atoms with Crippen molar-refractivity contribution in [3.05, 3.63) is 23.8 Å². The SMILES string of the molecule is COC(=O)[C@]1(NC(C)=O)CC(C)(C)C2C(c3ccc(OC)cc3N2O)C1SC[C@H](NC(=O)CC[C@H](N)C(=O)O)C(=O)NCC(=O)O. The molecule has 2 aliphatic rings. The number of nitrogens with one attached hydrogen (secondary N) is 3. The second-order valence-electron chi connectivity index (χ2n) is 12.0. The summed E-state index contributed by atoms with van der Waals surface area (Å²) in [6.45, 7) is 4.21. The third-order valence-corrected chi connectivity index (χ3v) is 9.83. The molecule has 16 nitrogen and oxygen atoms in total. The summed E-state index contributed by atoms with van der Waals surface area (Å²) in [5.74, 6) is -5.86. The molecule has 0 aromatic heterocycles. The number of nitrogens with two attached hydrogens (primary N) is 1. The number of benzene rings is 1. The molecule has 0 saturated heterocycles. The van der Waals surface area contributed by atoms with E-state index in [1.54, 1.807) is 18.2 Å². The maximum atomic E-state index is 13.7. The molecule has 6 atom stereocenters. The highest BCUT2D eigenvalue weighted by atomic mass is 32.2. The van der Waals surface area contributed by atoms with Crippen molar-refractivity contribution in [2.45, 2.75) is 74.9 Å². The molecule has 3 unspecified atom stereocenters. The molecule has 1 aromatic carbocycles. The quantitative estimate of drug-likeness (QED) is 0.127. The number of carbonyl (C=O) groups excluding carboxylic acids is 4. The predicted octanol–water partition coefficient (Wildman–Crippen LogP) is -0.186. The molecule has 0 radical (unpaired) electrons. The van der Waals surface area contributed by atoms with Gasteiger partial charge in [0.25, 0.3) is 0 Å². The smallest absolute Gasteiger partial charge is 0.332 e. The Balaban J connectivity index is 2.08. The third-order valence-electron chi connectivity index (χ3n) is 8.25. The van der Waals surface area contributed by atoms with Crippen LogP contribution in [0.5, 0.6) is 5.75 Å². The lowest BCUT2D eigenvalue weighted by atomic mass is 9.60. The molecule has 46 heavy (non-hydrogen) atoms. The van der Waals surface area contributed by atoms with Crippen molar-refractivity contribution < 1.29 is 53.7 Å². The number of carbonyl (C=O) groups is 6. The summed E-state index contributed by atoms with van der Waals surface area (Å²) in [5.41, 5.74) is 4.09. The maximum absolute atomic E-state index is 13.7. The maximum Gasteiger partial charge on any atom is 0.332 e. The lowest BCUT2D eigenvalue weighted by Gasteiger charge is -2.54. The van der Waals surface area contributed by atoms with Gasteiger partial charge in [0.15, 0.2) is 5.54 Å². The number of aliphatic carboxylic acids is 2. The number of ether oxygens (including phenoxy) is 2. The van der Waals surface area contributed by atoms with Gasteiger partial charge in [0, 0.05) is 36.3 Å². The molecule has 1 aliphatic heterocycles. The fraction of sp³-hybridized carbons (Fsp3) is 0.586. The van der Waals surface area contributed by atoms with Gasteiger partial charge in [0.05, 0.1) is 25.9 Å². The molecule has 0 bridgehead atoms. The topological polar surface area (TPSA) is 247 Å². The first kappa shape index (κ1) is 36.4. The van der Waals surface area contributed by atoms with E-state index in [0.717, 1.165) is 16.8 Å². The van der Waals surface area contributed by atoms with Gasteiger partial charge in [-0.05, 0) is 29.9 Å². The van der Waals surface area contributed by atoms with E-state index in [4.69, 9.17) is 25.4 Å². The number of hydroxylamine groups is 1. The van der Waals surface area contributed by atoms with Crippen LogP contribution in [0.4, 0.5) is 5.69 Å². The van der Waals surface area contributed by atoms with Crippen LogP contribution in [0.15, 0.2) is 18.2 Å². The Kier molecular flexibility index (Phi) is 11.5. The molecule has 1 heterocycles. The molecule has 1 saturated carbocycles. The summed E-state index contributed by atoms with van der Waals surface area (Å²) in [7, 11) is 2.66. The Hall–Kier alpha value is -4.09. The molecule has 0 spiro atoms. The van der Waals surface area contributed by atoms with Gasteiger partial charge in [-0.25, -0.2) is 4.79 Å². The number of rotatable bonds is 14. The lowest BCUT2D eigenvalue weighted by Crippen LogP contribution is -2.70. The van der Waals surface area contributed by atoms with E-state index in [2.05, 4.69) is 16.0 Å². The average molecular weight is 668 g/mol. The van der Waals surface area contributed by atoms with E-state index in [0.29, 0.717) is 17.0 Å². The Bertz CT molecular complexity index is 1370. The van der Waals surface area contributed by atoms with Crippen molar-refractivity contribution in [2.75, 3.05) is 31.6 Å². The number of nitrogens with zero attached hydrogens (tertiary/aromatic N) is 1. The van der Waals surface area contributed by atoms with Crippen LogP contribution in [0.3, 0.4) is 0 Å². The highest BCUT2D eigenvalue weighted by Gasteiger charge is 2.65. The monoisotopic (exact) mass is 667 g/mol. The fourth-order valence-electron chi connectivity index (χ4n) is 6.42. The van der Waals surface area contributed by atoms with Crippen LogP contribution >= 0.6 is 11.8 Å². The number of amides is 3. The van der Waals surface area contributed by atoms with E-state index < -0.39 is 82.4 Å². The second-order valence-corrected chi connectivity index (χ2v) is 13.2. The van der Waals surface area contributed by atoms with Gasteiger partial charge in [-0.15, -0.1) is 0 Å². The molecular formula is C29H41N5O11S. The van der Waals surface area contributed by atoms with Gasteiger partial charge in [0.2, 0.25) is 17.7 Å². The number of fused-ring (bicyclic) bond motifs is 3. The van der Waals surface area contributed by atoms with Crippen molar-refractivity contribution in [3.8, 4) is 5.75 Å². The van der Waals surface area contributed by atoms with Crippen LogP contribution in [0.1, 0.15) is 51.5 Å². The molecule has 8 N–H and O–H groups in total. The zero-order chi connectivity index (χ0) is 34.6. The standard InChI is InChI=1S/C29H41N5O11S/c1-14(35)33-29(27(42)45-5)13-28(2,3)23-22(16-7-6-15(44-4)10-19(16)34(23)43)24(29)46-12-18(25(39)31-11-21(37)38)32-20(36)9-8-17(30)26(40)41/h6-7,10,17-18,22-24,43H,8-9,11-13,30H2,1-5H3,(H,31,39)(H,32,36)(H,33,35)(H,37,38)(H,40,41)/t17-,18-,22?,23?,24?,29-/m0/s1. The van der Waals surface area contributed by atoms with E-state index in [9.17, 15) is 34.0 Å². The minimum absolute atomic E-state index is 0.0165. The van der Waals surface area contributed by atoms with Crippen LogP contribution in [0, 0.1) is 5.41 Å². The number of hydrogen-bond acceptors (Lipinski definition) is 12. The lowest BCUT2D eigenvalue weighted by molar-refractivity contribution is -0.155. The van der Waals surface area contributed by atoms with Crippen molar-refractivity contribution in [3.63, 3.8) is 0 Å². The van der Waals surface area contributed by atoms with Crippen molar-refractivity contribution in [1.82, 2.24) is 16.0 Å². The Morgan fingerprint density at radius 2 is 1.83 bits per heavy atom.